The average molecular weight is 300 g/mol. The Morgan fingerprint density at radius 3 is 2.90 bits per heavy atom. The highest BCUT2D eigenvalue weighted by molar-refractivity contribution is 7.16. The van der Waals surface area contributed by atoms with Crippen molar-refractivity contribution in [3.63, 3.8) is 0 Å². The lowest BCUT2D eigenvalue weighted by Crippen LogP contribution is -2.19. The van der Waals surface area contributed by atoms with Crippen LogP contribution in [0.25, 0.3) is 11.3 Å². The Morgan fingerprint density at radius 1 is 1.40 bits per heavy atom. The van der Waals surface area contributed by atoms with Crippen LogP contribution in [0.2, 0.25) is 0 Å². The van der Waals surface area contributed by atoms with Crippen LogP contribution in [-0.4, -0.2) is 24.8 Å². The molecule has 0 spiro atoms. The molecule has 3 rings (SSSR count). The summed E-state index contributed by atoms with van der Waals surface area (Å²) >= 11 is 1.56. The van der Waals surface area contributed by atoms with E-state index in [0.717, 1.165) is 26.8 Å². The molecular formula is C13H11F3N2OS. The van der Waals surface area contributed by atoms with E-state index in [2.05, 4.69) is 10.3 Å². The van der Waals surface area contributed by atoms with Crippen LogP contribution in [0.3, 0.4) is 0 Å². The van der Waals surface area contributed by atoms with Gasteiger partial charge >= 0.3 is 6.18 Å². The van der Waals surface area contributed by atoms with Gasteiger partial charge in [-0.15, -0.1) is 11.3 Å². The van der Waals surface area contributed by atoms with Crippen LogP contribution in [0.4, 0.5) is 18.3 Å². The van der Waals surface area contributed by atoms with Gasteiger partial charge in [0.15, 0.2) is 11.7 Å². The number of halogens is 3. The summed E-state index contributed by atoms with van der Waals surface area (Å²) in [6, 6.07) is 4.98. The lowest BCUT2D eigenvalue weighted by atomic mass is 10.1. The standard InChI is InChI=1S/C13H11F3N2OS/c1-17-12-18-11-9-3-2-8(19-6-13(14,15)16)4-7(9)5-10(11)20-12/h2-4H,5-6H2,1H3,(H,17,18). The van der Waals surface area contributed by atoms with E-state index in [0.29, 0.717) is 6.42 Å². The summed E-state index contributed by atoms with van der Waals surface area (Å²) in [7, 11) is 1.81. The van der Waals surface area contributed by atoms with Crippen LogP contribution in [-0.2, 0) is 6.42 Å². The fourth-order valence-corrected chi connectivity index (χ4v) is 3.12. The molecule has 0 bridgehead atoms. The zero-order valence-electron chi connectivity index (χ0n) is 10.5. The first-order valence-electron chi connectivity index (χ1n) is 5.96. The lowest BCUT2D eigenvalue weighted by Gasteiger charge is -2.10. The van der Waals surface area contributed by atoms with Crippen molar-refractivity contribution in [3.05, 3.63) is 28.6 Å². The molecular weight excluding hydrogens is 289 g/mol. The quantitative estimate of drug-likeness (QED) is 0.801. The van der Waals surface area contributed by atoms with E-state index in [1.54, 1.807) is 29.5 Å². The summed E-state index contributed by atoms with van der Waals surface area (Å²) in [6.07, 6.45) is -3.63. The number of hydrogen-bond donors (Lipinski definition) is 1. The van der Waals surface area contributed by atoms with Crippen LogP contribution in [0.15, 0.2) is 18.2 Å². The van der Waals surface area contributed by atoms with Crippen molar-refractivity contribution < 1.29 is 17.9 Å². The topological polar surface area (TPSA) is 34.2 Å². The summed E-state index contributed by atoms with van der Waals surface area (Å²) in [4.78, 5) is 5.57. The molecule has 7 heteroatoms. The Kier molecular flexibility index (Phi) is 3.08. The molecule has 20 heavy (non-hydrogen) atoms. The van der Waals surface area contributed by atoms with Gasteiger partial charge < -0.3 is 10.1 Å². The van der Waals surface area contributed by atoms with Gasteiger partial charge in [0.2, 0.25) is 0 Å². The number of alkyl halides is 3. The third-order valence-electron chi connectivity index (χ3n) is 3.00. The predicted octanol–water partition coefficient (Wildman–Crippen LogP) is 3.70. The molecule has 0 saturated heterocycles. The van der Waals surface area contributed by atoms with Gasteiger partial charge in [-0.05, 0) is 23.8 Å². The molecule has 2 aromatic rings. The highest BCUT2D eigenvalue weighted by atomic mass is 32.1. The van der Waals surface area contributed by atoms with Gasteiger partial charge in [0.05, 0.1) is 5.69 Å². The summed E-state index contributed by atoms with van der Waals surface area (Å²) in [5.74, 6) is 0.241. The molecule has 0 radical (unpaired) electrons. The monoisotopic (exact) mass is 300 g/mol. The molecule has 3 nitrogen and oxygen atoms in total. The molecule has 0 atom stereocenters. The number of rotatable bonds is 3. The number of benzene rings is 1. The Morgan fingerprint density at radius 2 is 2.20 bits per heavy atom. The number of fused-ring (bicyclic) bond motifs is 3. The lowest BCUT2D eigenvalue weighted by molar-refractivity contribution is -0.153. The molecule has 1 N–H and O–H groups in total. The summed E-state index contributed by atoms with van der Waals surface area (Å²) < 4.78 is 41.1. The van der Waals surface area contributed by atoms with Gasteiger partial charge in [0, 0.05) is 23.9 Å². The number of ether oxygens (including phenoxy) is 1. The van der Waals surface area contributed by atoms with E-state index in [4.69, 9.17) is 4.74 Å². The predicted molar refractivity (Wildman–Crippen MR) is 71.5 cm³/mol. The first-order chi connectivity index (χ1) is 9.46. The molecule has 0 aliphatic heterocycles. The maximum absolute atomic E-state index is 12.1. The van der Waals surface area contributed by atoms with Crippen LogP contribution in [0.5, 0.6) is 5.75 Å². The molecule has 1 aliphatic carbocycles. The molecule has 0 unspecified atom stereocenters. The number of hydrogen-bond acceptors (Lipinski definition) is 4. The number of aromatic nitrogens is 1. The van der Waals surface area contributed by atoms with Crippen molar-refractivity contribution in [3.8, 4) is 17.0 Å². The maximum atomic E-state index is 12.1. The van der Waals surface area contributed by atoms with Crippen molar-refractivity contribution in [2.75, 3.05) is 19.0 Å². The Hall–Kier alpha value is -1.76. The van der Waals surface area contributed by atoms with Crippen molar-refractivity contribution >= 4 is 16.5 Å². The molecule has 0 fully saturated rings. The normalized spacial score (nSPS) is 13.0. The number of anilines is 1. The largest absolute Gasteiger partial charge is 0.484 e. The zero-order chi connectivity index (χ0) is 14.3. The minimum absolute atomic E-state index is 0.241. The van der Waals surface area contributed by atoms with Crippen LogP contribution in [0, 0.1) is 0 Å². The van der Waals surface area contributed by atoms with Crippen molar-refractivity contribution in [2.45, 2.75) is 12.6 Å². The molecule has 1 aliphatic rings. The highest BCUT2D eigenvalue weighted by Gasteiger charge is 2.29. The second-order valence-corrected chi connectivity index (χ2v) is 5.52. The van der Waals surface area contributed by atoms with E-state index >= 15 is 0 Å². The Labute approximate surface area is 117 Å². The van der Waals surface area contributed by atoms with E-state index in [-0.39, 0.29) is 5.75 Å². The van der Waals surface area contributed by atoms with Gasteiger partial charge in [-0.25, -0.2) is 4.98 Å². The first kappa shape index (κ1) is 13.2. The summed E-state index contributed by atoms with van der Waals surface area (Å²) in [5, 5.41) is 3.84. The van der Waals surface area contributed by atoms with E-state index in [9.17, 15) is 13.2 Å². The molecule has 1 heterocycles. The first-order valence-corrected chi connectivity index (χ1v) is 6.78. The smallest absolute Gasteiger partial charge is 0.422 e. The van der Waals surface area contributed by atoms with Crippen LogP contribution in [0.1, 0.15) is 10.4 Å². The number of nitrogens with one attached hydrogen (secondary N) is 1. The van der Waals surface area contributed by atoms with E-state index in [1.807, 2.05) is 7.05 Å². The third-order valence-corrected chi connectivity index (χ3v) is 4.07. The van der Waals surface area contributed by atoms with Crippen LogP contribution >= 0.6 is 11.3 Å². The Bertz CT molecular complexity index is 652. The average Bonchev–Trinajstić information content (AvgIpc) is 2.91. The van der Waals surface area contributed by atoms with Crippen molar-refractivity contribution in [2.24, 2.45) is 0 Å². The van der Waals surface area contributed by atoms with Gasteiger partial charge in [-0.2, -0.15) is 13.2 Å². The highest BCUT2D eigenvalue weighted by Crippen LogP contribution is 2.42. The fraction of sp³-hybridized carbons (Fsp3) is 0.308. The van der Waals surface area contributed by atoms with Crippen molar-refractivity contribution in [1.29, 1.82) is 0 Å². The van der Waals surface area contributed by atoms with Gasteiger partial charge in [0.25, 0.3) is 0 Å². The number of thiazole rings is 1. The van der Waals surface area contributed by atoms with E-state index in [1.165, 1.54) is 0 Å². The van der Waals surface area contributed by atoms with Crippen molar-refractivity contribution in [1.82, 2.24) is 4.98 Å². The zero-order valence-corrected chi connectivity index (χ0v) is 11.4. The second-order valence-electron chi connectivity index (χ2n) is 4.44. The summed E-state index contributed by atoms with van der Waals surface area (Å²) in [5.41, 5.74) is 2.84. The second kappa shape index (κ2) is 4.66. The number of nitrogens with zero attached hydrogens (tertiary/aromatic N) is 1. The summed E-state index contributed by atoms with van der Waals surface area (Å²) in [6.45, 7) is -1.27. The maximum Gasteiger partial charge on any atom is 0.422 e. The van der Waals surface area contributed by atoms with Gasteiger partial charge in [0.1, 0.15) is 5.75 Å². The Balaban J connectivity index is 1.83. The van der Waals surface area contributed by atoms with E-state index < -0.39 is 12.8 Å². The third kappa shape index (κ3) is 2.45. The van der Waals surface area contributed by atoms with Gasteiger partial charge in [-0.3, -0.25) is 0 Å². The molecule has 106 valence electrons. The van der Waals surface area contributed by atoms with Gasteiger partial charge in [-0.1, -0.05) is 0 Å². The minimum atomic E-state index is -4.32. The molecule has 1 aromatic carbocycles. The fourth-order valence-electron chi connectivity index (χ4n) is 2.16. The molecule has 0 amide bonds. The molecule has 1 aromatic heterocycles. The van der Waals surface area contributed by atoms with Crippen LogP contribution < -0.4 is 10.1 Å². The minimum Gasteiger partial charge on any atom is -0.484 e. The molecule has 0 saturated carbocycles. The SMILES string of the molecule is CNc1nc2c(s1)Cc1cc(OCC(F)(F)F)ccc1-2.